The molecule has 3 aromatic rings. The van der Waals surface area contributed by atoms with Crippen molar-refractivity contribution in [2.24, 2.45) is 0 Å². The molecule has 0 aliphatic carbocycles. The number of rotatable bonds is 4. The summed E-state index contributed by atoms with van der Waals surface area (Å²) in [6.45, 7) is 4.21. The smallest absolute Gasteiger partial charge is 0.259 e. The molecule has 0 spiro atoms. The molecule has 0 aliphatic heterocycles. The van der Waals surface area contributed by atoms with Crippen molar-refractivity contribution in [1.29, 1.82) is 0 Å². The van der Waals surface area contributed by atoms with Gasteiger partial charge in [0.15, 0.2) is 0 Å². The van der Waals surface area contributed by atoms with E-state index in [1.165, 1.54) is 0 Å². The lowest BCUT2D eigenvalue weighted by atomic mass is 10.1. The lowest BCUT2D eigenvalue weighted by Gasteiger charge is -2.15. The topological polar surface area (TPSA) is 59.2 Å². The van der Waals surface area contributed by atoms with E-state index in [-0.39, 0.29) is 5.91 Å². The van der Waals surface area contributed by atoms with Crippen molar-refractivity contribution in [3.05, 3.63) is 46.3 Å². The highest BCUT2D eigenvalue weighted by atomic mass is 32.1. The highest BCUT2D eigenvalue weighted by molar-refractivity contribution is 7.18. The zero-order chi connectivity index (χ0) is 15.7. The fourth-order valence-corrected chi connectivity index (χ4v) is 3.41. The van der Waals surface area contributed by atoms with Gasteiger partial charge in [-0.3, -0.25) is 4.79 Å². The first kappa shape index (κ1) is 14.7. The molecular weight excluding hydrogens is 298 g/mol. The summed E-state index contributed by atoms with van der Waals surface area (Å²) in [6.07, 6.45) is 0.674. The van der Waals surface area contributed by atoms with Gasteiger partial charge >= 0.3 is 0 Å². The maximum atomic E-state index is 12.6. The molecule has 3 rings (SSSR count). The summed E-state index contributed by atoms with van der Waals surface area (Å²) in [4.78, 5) is 18.9. The van der Waals surface area contributed by atoms with Gasteiger partial charge in [-0.05, 0) is 25.5 Å². The van der Waals surface area contributed by atoms with Gasteiger partial charge in [-0.15, -0.1) is 11.3 Å². The Hall–Kier alpha value is -2.21. The molecule has 6 heteroatoms. The number of fused-ring (bicyclic) bond motifs is 1. The van der Waals surface area contributed by atoms with E-state index in [2.05, 4.69) is 10.1 Å². The number of carbonyl (C=O) groups is 1. The Bertz CT molecular complexity index is 789. The number of amides is 1. The van der Waals surface area contributed by atoms with Crippen LogP contribution in [0.2, 0.25) is 0 Å². The van der Waals surface area contributed by atoms with Gasteiger partial charge < -0.3 is 9.42 Å². The summed E-state index contributed by atoms with van der Waals surface area (Å²) >= 11 is 1.61. The Morgan fingerprint density at radius 2 is 2.14 bits per heavy atom. The molecule has 114 valence electrons. The Labute approximate surface area is 132 Å². The largest absolute Gasteiger partial charge is 0.361 e. The third-order valence-electron chi connectivity index (χ3n) is 3.54. The predicted molar refractivity (Wildman–Crippen MR) is 86.0 cm³/mol. The highest BCUT2D eigenvalue weighted by Gasteiger charge is 2.23. The Morgan fingerprint density at radius 3 is 2.86 bits per heavy atom. The Morgan fingerprint density at radius 1 is 1.36 bits per heavy atom. The molecule has 0 atom stereocenters. The number of aromatic nitrogens is 2. The van der Waals surface area contributed by atoms with Crippen LogP contribution in [0.25, 0.3) is 10.2 Å². The number of hydrogen-bond donors (Lipinski definition) is 0. The van der Waals surface area contributed by atoms with Crippen LogP contribution in [0, 0.1) is 6.92 Å². The molecular formula is C16H17N3O2S. The lowest BCUT2D eigenvalue weighted by Crippen LogP contribution is -2.27. The normalized spacial score (nSPS) is 11.0. The second kappa shape index (κ2) is 5.88. The minimum Gasteiger partial charge on any atom is -0.361 e. The fourth-order valence-electron chi connectivity index (χ4n) is 2.39. The predicted octanol–water partition coefficient (Wildman–Crippen LogP) is 3.43. The van der Waals surface area contributed by atoms with Crippen LogP contribution in [0.3, 0.4) is 0 Å². The van der Waals surface area contributed by atoms with Crippen molar-refractivity contribution in [2.45, 2.75) is 26.8 Å². The molecule has 2 aromatic heterocycles. The van der Waals surface area contributed by atoms with E-state index in [4.69, 9.17) is 4.52 Å². The molecule has 22 heavy (non-hydrogen) atoms. The van der Waals surface area contributed by atoms with Crippen LogP contribution >= 0.6 is 11.3 Å². The van der Waals surface area contributed by atoms with Crippen LogP contribution in [0.5, 0.6) is 0 Å². The lowest BCUT2D eigenvalue weighted by molar-refractivity contribution is 0.0782. The van der Waals surface area contributed by atoms with Crippen LogP contribution < -0.4 is 0 Å². The minimum absolute atomic E-state index is 0.0742. The van der Waals surface area contributed by atoms with Gasteiger partial charge in [0.05, 0.1) is 22.5 Å². The average molecular weight is 315 g/mol. The number of carbonyl (C=O) groups excluding carboxylic acids is 1. The maximum absolute atomic E-state index is 12.6. The van der Waals surface area contributed by atoms with Crippen LogP contribution in [0.4, 0.5) is 0 Å². The van der Waals surface area contributed by atoms with Crippen LogP contribution in [-0.2, 0) is 13.0 Å². The number of benzene rings is 1. The zero-order valence-corrected chi connectivity index (χ0v) is 13.6. The van der Waals surface area contributed by atoms with Gasteiger partial charge in [0.2, 0.25) is 0 Å². The van der Waals surface area contributed by atoms with Gasteiger partial charge in [-0.1, -0.05) is 24.2 Å². The van der Waals surface area contributed by atoms with Crippen molar-refractivity contribution in [3.63, 3.8) is 0 Å². The van der Waals surface area contributed by atoms with Gasteiger partial charge in [0.25, 0.3) is 5.91 Å². The molecule has 0 radical (unpaired) electrons. The van der Waals surface area contributed by atoms with E-state index >= 15 is 0 Å². The summed E-state index contributed by atoms with van der Waals surface area (Å²) in [7, 11) is 1.78. The van der Waals surface area contributed by atoms with Crippen molar-refractivity contribution in [3.8, 4) is 0 Å². The minimum atomic E-state index is -0.0742. The fraction of sp³-hybridized carbons (Fsp3) is 0.312. The van der Waals surface area contributed by atoms with Crippen LogP contribution in [0.15, 0.2) is 28.8 Å². The summed E-state index contributed by atoms with van der Waals surface area (Å²) in [5, 5.41) is 4.86. The SMILES string of the molecule is CCc1noc(C)c1C(=O)N(C)Cc1nc2ccccc2s1. The molecule has 5 nitrogen and oxygen atoms in total. The van der Waals surface area contributed by atoms with Crippen LogP contribution in [-0.4, -0.2) is 28.0 Å². The van der Waals surface area contributed by atoms with E-state index in [1.54, 1.807) is 30.2 Å². The van der Waals surface area contributed by atoms with Crippen LogP contribution in [0.1, 0.15) is 33.7 Å². The average Bonchev–Trinajstić information content (AvgIpc) is 3.08. The number of nitrogens with zero attached hydrogens (tertiary/aromatic N) is 3. The zero-order valence-electron chi connectivity index (χ0n) is 12.8. The first-order valence-electron chi connectivity index (χ1n) is 7.15. The number of para-hydroxylation sites is 1. The Balaban J connectivity index is 1.82. The van der Waals surface area contributed by atoms with E-state index in [1.807, 2.05) is 31.2 Å². The van der Waals surface area contributed by atoms with Crippen molar-refractivity contribution in [2.75, 3.05) is 7.05 Å². The summed E-state index contributed by atoms with van der Waals surface area (Å²) in [5.74, 6) is 0.493. The number of hydrogen-bond acceptors (Lipinski definition) is 5. The second-order valence-corrected chi connectivity index (χ2v) is 6.27. The molecule has 1 aromatic carbocycles. The number of aryl methyl sites for hydroxylation is 2. The van der Waals surface area contributed by atoms with Crippen molar-refractivity contribution < 1.29 is 9.32 Å². The highest BCUT2D eigenvalue weighted by Crippen LogP contribution is 2.23. The molecule has 1 amide bonds. The molecule has 0 saturated carbocycles. The van der Waals surface area contributed by atoms with Gasteiger partial charge in [-0.25, -0.2) is 4.98 Å². The summed E-state index contributed by atoms with van der Waals surface area (Å²) in [6, 6.07) is 7.98. The molecule has 2 heterocycles. The standard InChI is InChI=1S/C16H17N3O2S/c1-4-11-15(10(2)21-18-11)16(20)19(3)9-14-17-12-7-5-6-8-13(12)22-14/h5-8H,4,9H2,1-3H3. The summed E-state index contributed by atoms with van der Waals surface area (Å²) in [5.41, 5.74) is 2.25. The van der Waals surface area contributed by atoms with Gasteiger partial charge in [0.1, 0.15) is 16.3 Å². The molecule has 0 N–H and O–H groups in total. The Kier molecular flexibility index (Phi) is 3.94. The molecule has 0 fully saturated rings. The first-order valence-corrected chi connectivity index (χ1v) is 7.96. The van der Waals surface area contributed by atoms with E-state index in [0.29, 0.717) is 30.0 Å². The van der Waals surface area contributed by atoms with Crippen molar-refractivity contribution >= 4 is 27.5 Å². The molecule has 0 aliphatic rings. The second-order valence-electron chi connectivity index (χ2n) is 5.15. The molecule has 0 saturated heterocycles. The maximum Gasteiger partial charge on any atom is 0.259 e. The number of thiazole rings is 1. The third kappa shape index (κ3) is 2.62. The first-order chi connectivity index (χ1) is 10.6. The van der Waals surface area contributed by atoms with E-state index in [0.717, 1.165) is 15.2 Å². The third-order valence-corrected chi connectivity index (χ3v) is 4.56. The monoisotopic (exact) mass is 315 g/mol. The van der Waals surface area contributed by atoms with Crippen molar-refractivity contribution in [1.82, 2.24) is 15.0 Å². The van der Waals surface area contributed by atoms with Gasteiger partial charge in [-0.2, -0.15) is 0 Å². The van der Waals surface area contributed by atoms with E-state index in [9.17, 15) is 4.79 Å². The molecule has 0 unspecified atom stereocenters. The summed E-state index contributed by atoms with van der Waals surface area (Å²) < 4.78 is 6.28. The quantitative estimate of drug-likeness (QED) is 0.740. The van der Waals surface area contributed by atoms with E-state index < -0.39 is 0 Å². The molecule has 0 bridgehead atoms. The van der Waals surface area contributed by atoms with Gasteiger partial charge in [0, 0.05) is 7.05 Å².